The molecule has 122 valence electrons. The summed E-state index contributed by atoms with van der Waals surface area (Å²) in [5, 5.41) is 0. The van der Waals surface area contributed by atoms with Crippen molar-refractivity contribution in [3.63, 3.8) is 0 Å². The van der Waals surface area contributed by atoms with E-state index in [-0.39, 0.29) is 24.2 Å². The SMILES string of the molecule is CCOc1ccc(C2CCC(C=C(F)CF)CC2)c(F)c1F. The molecule has 1 aliphatic carbocycles. The van der Waals surface area contributed by atoms with E-state index < -0.39 is 24.1 Å². The van der Waals surface area contributed by atoms with Gasteiger partial charge in [0.25, 0.3) is 0 Å². The Kier molecular flexibility index (Phi) is 5.86. The standard InChI is InChI=1S/C17H20F4O/c1-2-22-15-8-7-14(16(20)17(15)21)12-5-3-11(4-6-12)9-13(19)10-18/h7-9,11-12H,2-6,10H2,1H3. The van der Waals surface area contributed by atoms with Gasteiger partial charge in [-0.2, -0.15) is 4.39 Å². The van der Waals surface area contributed by atoms with Crippen molar-refractivity contribution in [1.82, 2.24) is 0 Å². The van der Waals surface area contributed by atoms with Gasteiger partial charge in [-0.25, -0.2) is 13.2 Å². The second kappa shape index (κ2) is 7.65. The van der Waals surface area contributed by atoms with Crippen molar-refractivity contribution in [2.75, 3.05) is 13.3 Å². The summed E-state index contributed by atoms with van der Waals surface area (Å²) < 4.78 is 58.2. The maximum atomic E-state index is 14.2. The fourth-order valence-corrected chi connectivity index (χ4v) is 3.03. The molecule has 1 nitrogen and oxygen atoms in total. The minimum atomic E-state index is -1.08. The fraction of sp³-hybridized carbons (Fsp3) is 0.529. The molecule has 0 aliphatic heterocycles. The summed E-state index contributed by atoms with van der Waals surface area (Å²) in [4.78, 5) is 0. The van der Waals surface area contributed by atoms with E-state index in [0.717, 1.165) is 0 Å². The fourth-order valence-electron chi connectivity index (χ4n) is 3.03. The molecule has 22 heavy (non-hydrogen) atoms. The van der Waals surface area contributed by atoms with Crippen molar-refractivity contribution in [3.05, 3.63) is 41.2 Å². The maximum Gasteiger partial charge on any atom is 0.200 e. The van der Waals surface area contributed by atoms with Crippen LogP contribution in [0.2, 0.25) is 0 Å². The summed E-state index contributed by atoms with van der Waals surface area (Å²) in [6.45, 7) is 0.891. The second-order valence-corrected chi connectivity index (χ2v) is 5.57. The zero-order chi connectivity index (χ0) is 16.1. The average Bonchev–Trinajstić information content (AvgIpc) is 2.53. The van der Waals surface area contributed by atoms with Crippen LogP contribution in [0.15, 0.2) is 24.0 Å². The molecule has 0 aromatic heterocycles. The number of hydrogen-bond acceptors (Lipinski definition) is 1. The molecule has 0 N–H and O–H groups in total. The van der Waals surface area contributed by atoms with Gasteiger partial charge in [-0.3, -0.25) is 0 Å². The predicted octanol–water partition coefficient (Wildman–Crippen LogP) is 5.46. The van der Waals surface area contributed by atoms with Crippen LogP contribution >= 0.6 is 0 Å². The van der Waals surface area contributed by atoms with Crippen LogP contribution in [0, 0.1) is 17.6 Å². The molecule has 0 spiro atoms. The zero-order valence-electron chi connectivity index (χ0n) is 12.5. The van der Waals surface area contributed by atoms with Crippen LogP contribution in [0.3, 0.4) is 0 Å². The topological polar surface area (TPSA) is 9.23 Å². The molecule has 0 atom stereocenters. The lowest BCUT2D eigenvalue weighted by molar-refractivity contribution is 0.309. The van der Waals surface area contributed by atoms with E-state index in [9.17, 15) is 17.6 Å². The molecular weight excluding hydrogens is 296 g/mol. The zero-order valence-corrected chi connectivity index (χ0v) is 12.5. The van der Waals surface area contributed by atoms with Gasteiger partial charge in [0.2, 0.25) is 5.82 Å². The molecule has 1 fully saturated rings. The normalized spacial score (nSPS) is 22.7. The monoisotopic (exact) mass is 316 g/mol. The van der Waals surface area contributed by atoms with Gasteiger partial charge in [-0.15, -0.1) is 0 Å². The smallest absolute Gasteiger partial charge is 0.200 e. The highest BCUT2D eigenvalue weighted by atomic mass is 19.2. The van der Waals surface area contributed by atoms with Crippen molar-refractivity contribution in [1.29, 1.82) is 0 Å². The molecule has 1 saturated carbocycles. The molecule has 5 heteroatoms. The molecule has 1 aromatic rings. The highest BCUT2D eigenvalue weighted by Gasteiger charge is 2.26. The third-order valence-electron chi connectivity index (χ3n) is 4.13. The van der Waals surface area contributed by atoms with Crippen LogP contribution in [-0.4, -0.2) is 13.3 Å². The summed E-state index contributed by atoms with van der Waals surface area (Å²) in [5.41, 5.74) is 0.342. The molecule has 0 radical (unpaired) electrons. The largest absolute Gasteiger partial charge is 0.491 e. The van der Waals surface area contributed by atoms with Gasteiger partial charge in [-0.1, -0.05) is 6.07 Å². The Hall–Kier alpha value is -1.52. The molecule has 0 heterocycles. The maximum absolute atomic E-state index is 14.2. The number of hydrogen-bond donors (Lipinski definition) is 0. The lowest BCUT2D eigenvalue weighted by atomic mass is 9.78. The molecule has 1 aliphatic rings. The average molecular weight is 316 g/mol. The van der Waals surface area contributed by atoms with Crippen LogP contribution in [0.4, 0.5) is 17.6 Å². The number of rotatable bonds is 5. The first-order chi connectivity index (χ1) is 10.6. The van der Waals surface area contributed by atoms with Gasteiger partial charge >= 0.3 is 0 Å². The van der Waals surface area contributed by atoms with Gasteiger partial charge in [0.05, 0.1) is 6.61 Å². The number of halogens is 4. The van der Waals surface area contributed by atoms with Crippen molar-refractivity contribution >= 4 is 0 Å². The Bertz CT molecular complexity index is 534. The van der Waals surface area contributed by atoms with Crippen LogP contribution in [0.5, 0.6) is 5.75 Å². The summed E-state index contributed by atoms with van der Waals surface area (Å²) in [5.74, 6) is -2.76. The summed E-state index contributed by atoms with van der Waals surface area (Å²) >= 11 is 0. The Morgan fingerprint density at radius 2 is 1.86 bits per heavy atom. The second-order valence-electron chi connectivity index (χ2n) is 5.57. The molecule has 0 bridgehead atoms. The molecule has 0 saturated heterocycles. The Morgan fingerprint density at radius 3 is 2.45 bits per heavy atom. The Morgan fingerprint density at radius 1 is 1.18 bits per heavy atom. The third kappa shape index (κ3) is 3.81. The minimum Gasteiger partial charge on any atom is -0.491 e. The summed E-state index contributed by atoms with van der Waals surface area (Å²) in [6, 6.07) is 3.01. The van der Waals surface area contributed by atoms with E-state index >= 15 is 0 Å². The minimum absolute atomic E-state index is 0.0254. The van der Waals surface area contributed by atoms with E-state index in [1.54, 1.807) is 13.0 Å². The molecule has 0 amide bonds. The predicted molar refractivity (Wildman–Crippen MR) is 77.4 cm³/mol. The van der Waals surface area contributed by atoms with Gasteiger partial charge in [0, 0.05) is 0 Å². The van der Waals surface area contributed by atoms with Gasteiger partial charge < -0.3 is 4.74 Å². The number of alkyl halides is 1. The van der Waals surface area contributed by atoms with Crippen molar-refractivity contribution in [3.8, 4) is 5.75 Å². The Labute approximate surface area is 128 Å². The number of ether oxygens (including phenoxy) is 1. The Balaban J connectivity index is 2.07. The number of allylic oxidation sites excluding steroid dienone is 2. The lowest BCUT2D eigenvalue weighted by Crippen LogP contribution is -2.14. The van der Waals surface area contributed by atoms with E-state index in [1.807, 2.05) is 0 Å². The van der Waals surface area contributed by atoms with Crippen LogP contribution in [0.1, 0.15) is 44.1 Å². The van der Waals surface area contributed by atoms with E-state index in [2.05, 4.69) is 0 Å². The number of benzene rings is 1. The first kappa shape index (κ1) is 16.8. The highest BCUT2D eigenvalue weighted by Crippen LogP contribution is 2.39. The lowest BCUT2D eigenvalue weighted by Gasteiger charge is -2.27. The van der Waals surface area contributed by atoms with Crippen molar-refractivity contribution < 1.29 is 22.3 Å². The highest BCUT2D eigenvalue weighted by molar-refractivity contribution is 5.33. The van der Waals surface area contributed by atoms with Crippen LogP contribution in [0.25, 0.3) is 0 Å². The van der Waals surface area contributed by atoms with Crippen LogP contribution < -0.4 is 4.74 Å². The van der Waals surface area contributed by atoms with E-state index in [4.69, 9.17) is 4.74 Å². The summed E-state index contributed by atoms with van der Waals surface area (Å²) in [6.07, 6.45) is 3.86. The molecule has 0 unspecified atom stereocenters. The van der Waals surface area contributed by atoms with Crippen molar-refractivity contribution in [2.45, 2.75) is 38.5 Å². The quantitative estimate of drug-likeness (QED) is 0.655. The van der Waals surface area contributed by atoms with E-state index in [0.29, 0.717) is 31.2 Å². The van der Waals surface area contributed by atoms with Gasteiger partial charge in [0.1, 0.15) is 12.5 Å². The van der Waals surface area contributed by atoms with Gasteiger partial charge in [0.15, 0.2) is 11.6 Å². The third-order valence-corrected chi connectivity index (χ3v) is 4.13. The molecular formula is C17H20F4O. The van der Waals surface area contributed by atoms with Crippen molar-refractivity contribution in [2.24, 2.45) is 5.92 Å². The first-order valence-corrected chi connectivity index (χ1v) is 7.59. The van der Waals surface area contributed by atoms with E-state index in [1.165, 1.54) is 12.1 Å². The van der Waals surface area contributed by atoms with Gasteiger partial charge in [-0.05, 0) is 62.1 Å². The summed E-state index contributed by atoms with van der Waals surface area (Å²) in [7, 11) is 0. The molecule has 1 aromatic carbocycles. The van der Waals surface area contributed by atoms with Crippen LogP contribution in [-0.2, 0) is 0 Å². The first-order valence-electron chi connectivity index (χ1n) is 7.59. The molecule has 2 rings (SSSR count).